The van der Waals surface area contributed by atoms with Crippen LogP contribution in [0.25, 0.3) is 11.3 Å². The number of nitrogens with zero attached hydrogens (tertiary/aromatic N) is 3. The minimum atomic E-state index is -0.862. The fourth-order valence-corrected chi connectivity index (χ4v) is 3.13. The molecule has 0 aliphatic carbocycles. The second kappa shape index (κ2) is 6.26. The van der Waals surface area contributed by atoms with E-state index >= 15 is 0 Å². The first kappa shape index (κ1) is 16.5. The van der Waals surface area contributed by atoms with Gasteiger partial charge in [0.15, 0.2) is 0 Å². The second-order valence-electron chi connectivity index (χ2n) is 6.65. The molecule has 0 saturated carbocycles. The Labute approximate surface area is 140 Å². The molecule has 0 radical (unpaired) electrons. The lowest BCUT2D eigenvalue weighted by Gasteiger charge is -2.26. The molecular formula is C17H22N4O3. The van der Waals surface area contributed by atoms with Gasteiger partial charge < -0.3 is 20.0 Å². The van der Waals surface area contributed by atoms with E-state index in [4.69, 9.17) is 0 Å². The molecule has 2 heterocycles. The zero-order valence-electron chi connectivity index (χ0n) is 13.9. The summed E-state index contributed by atoms with van der Waals surface area (Å²) >= 11 is 0. The first-order chi connectivity index (χ1) is 11.4. The van der Waals surface area contributed by atoms with E-state index in [9.17, 15) is 15.0 Å². The Morgan fingerprint density at radius 2 is 2.08 bits per heavy atom. The number of β-amino-alcohol motifs (C(OH)–C–C–N with tert-alkyl or cyclic N) is 1. The number of hydrogen-bond donors (Lipinski definition) is 3. The maximum Gasteiger partial charge on any atom is 0.271 e. The van der Waals surface area contributed by atoms with Crippen molar-refractivity contribution in [1.29, 1.82) is 0 Å². The lowest BCUT2D eigenvalue weighted by Crippen LogP contribution is -2.43. The summed E-state index contributed by atoms with van der Waals surface area (Å²) in [5.41, 5.74) is 0.987. The standard InChI is InChI=1S/C17H22N4O3/c1-20(2)10-17(24)7-8-21(11-17)16(23)15-9-14(18-19-15)12-3-5-13(22)6-4-12/h3-6,9,22,24H,7-8,10-11H2,1-2H3,(H,18,19)/t17-/m0/s1. The molecule has 3 N–H and O–H groups in total. The van der Waals surface area contributed by atoms with Gasteiger partial charge in [-0.15, -0.1) is 0 Å². The van der Waals surface area contributed by atoms with Crippen molar-refractivity contribution in [3.05, 3.63) is 36.0 Å². The van der Waals surface area contributed by atoms with Crippen LogP contribution in [0, 0.1) is 0 Å². The number of phenols is 1. The predicted molar refractivity (Wildman–Crippen MR) is 89.7 cm³/mol. The highest BCUT2D eigenvalue weighted by Gasteiger charge is 2.39. The molecule has 1 aliphatic heterocycles. The van der Waals surface area contributed by atoms with E-state index in [0.29, 0.717) is 37.4 Å². The molecule has 1 aliphatic rings. The van der Waals surface area contributed by atoms with Crippen molar-refractivity contribution in [2.24, 2.45) is 0 Å². The van der Waals surface area contributed by atoms with Crippen molar-refractivity contribution in [2.45, 2.75) is 12.0 Å². The average molecular weight is 330 g/mol. The number of carbonyl (C=O) groups excluding carboxylic acids is 1. The summed E-state index contributed by atoms with van der Waals surface area (Å²) in [6.45, 7) is 1.37. The SMILES string of the molecule is CN(C)C[C@@]1(O)CCN(C(=O)c2cc(-c3ccc(O)cc3)n[nH]2)C1. The van der Waals surface area contributed by atoms with Crippen LogP contribution in [-0.4, -0.2) is 75.4 Å². The van der Waals surface area contributed by atoms with Crippen LogP contribution >= 0.6 is 0 Å². The highest BCUT2D eigenvalue weighted by atomic mass is 16.3. The van der Waals surface area contributed by atoms with Gasteiger partial charge in [-0.25, -0.2) is 0 Å². The van der Waals surface area contributed by atoms with Gasteiger partial charge in [-0.1, -0.05) is 0 Å². The molecule has 1 atom stereocenters. The quantitative estimate of drug-likeness (QED) is 0.775. The third-order valence-corrected chi connectivity index (χ3v) is 4.20. The highest BCUT2D eigenvalue weighted by molar-refractivity contribution is 5.93. The Hall–Kier alpha value is -2.38. The Bertz CT molecular complexity index is 726. The number of hydrogen-bond acceptors (Lipinski definition) is 5. The maximum absolute atomic E-state index is 12.6. The number of aliphatic hydroxyl groups is 1. The number of amides is 1. The van der Waals surface area contributed by atoms with Crippen LogP contribution < -0.4 is 0 Å². The molecular weight excluding hydrogens is 308 g/mol. The number of H-pyrrole nitrogens is 1. The molecule has 2 aromatic rings. The summed E-state index contributed by atoms with van der Waals surface area (Å²) in [5.74, 6) is 0.0186. The molecule has 24 heavy (non-hydrogen) atoms. The molecule has 0 spiro atoms. The zero-order chi connectivity index (χ0) is 17.3. The number of benzene rings is 1. The topological polar surface area (TPSA) is 92.7 Å². The average Bonchev–Trinajstić information content (AvgIpc) is 3.14. The number of aromatic hydroxyl groups is 1. The largest absolute Gasteiger partial charge is 0.508 e. The molecule has 7 heteroatoms. The number of aromatic nitrogens is 2. The van der Waals surface area contributed by atoms with Crippen molar-refractivity contribution < 1.29 is 15.0 Å². The van der Waals surface area contributed by atoms with E-state index in [0.717, 1.165) is 5.56 Å². The molecule has 0 unspecified atom stereocenters. The minimum absolute atomic E-state index is 0.165. The predicted octanol–water partition coefficient (Wildman–Crippen LogP) is 0.921. The number of likely N-dealkylation sites (N-methyl/N-ethyl adjacent to an activating group) is 1. The van der Waals surface area contributed by atoms with E-state index in [1.165, 1.54) is 0 Å². The Morgan fingerprint density at radius 3 is 2.75 bits per heavy atom. The van der Waals surface area contributed by atoms with Gasteiger partial charge in [0, 0.05) is 18.7 Å². The molecule has 3 rings (SSSR count). The molecule has 1 aromatic carbocycles. The normalized spacial score (nSPS) is 20.8. The monoisotopic (exact) mass is 330 g/mol. The second-order valence-corrected chi connectivity index (χ2v) is 6.65. The van der Waals surface area contributed by atoms with E-state index < -0.39 is 5.60 Å². The number of rotatable bonds is 4. The summed E-state index contributed by atoms with van der Waals surface area (Å²) in [4.78, 5) is 16.2. The van der Waals surface area contributed by atoms with Crippen LogP contribution in [-0.2, 0) is 0 Å². The van der Waals surface area contributed by atoms with E-state index in [-0.39, 0.29) is 11.7 Å². The summed E-state index contributed by atoms with van der Waals surface area (Å²) in [5, 5.41) is 26.8. The lowest BCUT2D eigenvalue weighted by molar-refractivity contribution is 0.0235. The van der Waals surface area contributed by atoms with Crippen LogP contribution in [0.4, 0.5) is 0 Å². The van der Waals surface area contributed by atoms with Gasteiger partial charge in [-0.2, -0.15) is 5.10 Å². The Morgan fingerprint density at radius 1 is 1.38 bits per heavy atom. The van der Waals surface area contributed by atoms with E-state index in [1.807, 2.05) is 19.0 Å². The molecule has 7 nitrogen and oxygen atoms in total. The smallest absolute Gasteiger partial charge is 0.271 e. The summed E-state index contributed by atoms with van der Waals surface area (Å²) in [7, 11) is 3.81. The van der Waals surface area contributed by atoms with Gasteiger partial charge >= 0.3 is 0 Å². The van der Waals surface area contributed by atoms with Crippen molar-refractivity contribution in [2.75, 3.05) is 33.7 Å². The third-order valence-electron chi connectivity index (χ3n) is 4.20. The van der Waals surface area contributed by atoms with Crippen molar-refractivity contribution in [1.82, 2.24) is 20.0 Å². The number of aromatic amines is 1. The van der Waals surface area contributed by atoms with Gasteiger partial charge in [-0.05, 0) is 50.8 Å². The van der Waals surface area contributed by atoms with Crippen LogP contribution in [0.15, 0.2) is 30.3 Å². The van der Waals surface area contributed by atoms with Gasteiger partial charge in [0.1, 0.15) is 11.4 Å². The number of phenolic OH excluding ortho intramolecular Hbond substituents is 1. The summed E-state index contributed by atoms with van der Waals surface area (Å²) in [6, 6.07) is 8.33. The zero-order valence-corrected chi connectivity index (χ0v) is 13.9. The lowest BCUT2D eigenvalue weighted by atomic mass is 10.0. The molecule has 1 aromatic heterocycles. The third kappa shape index (κ3) is 3.42. The summed E-state index contributed by atoms with van der Waals surface area (Å²) < 4.78 is 0. The van der Waals surface area contributed by atoms with Gasteiger partial charge in [0.05, 0.1) is 17.8 Å². The van der Waals surface area contributed by atoms with Crippen molar-refractivity contribution in [3.63, 3.8) is 0 Å². The fourth-order valence-electron chi connectivity index (χ4n) is 3.13. The fraction of sp³-hybridized carbons (Fsp3) is 0.412. The van der Waals surface area contributed by atoms with Gasteiger partial charge in [-0.3, -0.25) is 9.89 Å². The Balaban J connectivity index is 1.71. The van der Waals surface area contributed by atoms with Gasteiger partial charge in [0.2, 0.25) is 0 Å². The first-order valence-corrected chi connectivity index (χ1v) is 7.87. The molecule has 1 fully saturated rings. The van der Waals surface area contributed by atoms with Crippen LogP contribution in [0.1, 0.15) is 16.9 Å². The van der Waals surface area contributed by atoms with Crippen molar-refractivity contribution in [3.8, 4) is 17.0 Å². The molecule has 128 valence electrons. The van der Waals surface area contributed by atoms with Crippen molar-refractivity contribution >= 4 is 5.91 Å². The number of nitrogens with one attached hydrogen (secondary N) is 1. The van der Waals surface area contributed by atoms with E-state index in [1.54, 1.807) is 35.2 Å². The molecule has 1 saturated heterocycles. The Kier molecular flexibility index (Phi) is 4.29. The van der Waals surface area contributed by atoms with Crippen LogP contribution in [0.3, 0.4) is 0 Å². The highest BCUT2D eigenvalue weighted by Crippen LogP contribution is 2.25. The molecule has 0 bridgehead atoms. The maximum atomic E-state index is 12.6. The van der Waals surface area contributed by atoms with Gasteiger partial charge in [0.25, 0.3) is 5.91 Å². The first-order valence-electron chi connectivity index (χ1n) is 7.87. The van der Waals surface area contributed by atoms with E-state index in [2.05, 4.69) is 10.2 Å². The number of likely N-dealkylation sites (tertiary alicyclic amines) is 1. The van der Waals surface area contributed by atoms with Crippen LogP contribution in [0.2, 0.25) is 0 Å². The minimum Gasteiger partial charge on any atom is -0.508 e. The number of carbonyl (C=O) groups is 1. The molecule has 1 amide bonds. The summed E-state index contributed by atoms with van der Waals surface area (Å²) in [6.07, 6.45) is 0.565. The van der Waals surface area contributed by atoms with Crippen LogP contribution in [0.5, 0.6) is 5.75 Å².